The molecule has 1 spiro atoms. The maximum absolute atomic E-state index is 12.2. The van der Waals surface area contributed by atoms with Gasteiger partial charge in [0.1, 0.15) is 11.2 Å². The summed E-state index contributed by atoms with van der Waals surface area (Å²) in [7, 11) is -3.50. The van der Waals surface area contributed by atoms with Gasteiger partial charge in [-0.25, -0.2) is 8.42 Å². The number of anilines is 4. The van der Waals surface area contributed by atoms with Crippen LogP contribution in [-0.4, -0.2) is 73.0 Å². The molecular weight excluding hydrogens is 458 g/mol. The monoisotopic (exact) mass is 485 g/mol. The first-order chi connectivity index (χ1) is 16.4. The normalized spacial score (nSPS) is 20.2. The Labute approximate surface area is 197 Å². The molecule has 0 radical (unpaired) electrons. The van der Waals surface area contributed by atoms with Crippen LogP contribution in [0.2, 0.25) is 0 Å². The van der Waals surface area contributed by atoms with E-state index in [1.807, 2.05) is 12.1 Å². The predicted molar refractivity (Wildman–Crippen MR) is 127 cm³/mol. The van der Waals surface area contributed by atoms with E-state index in [0.29, 0.717) is 36.0 Å². The van der Waals surface area contributed by atoms with Gasteiger partial charge in [0, 0.05) is 49.6 Å². The summed E-state index contributed by atoms with van der Waals surface area (Å²) in [5.41, 5.74) is 2.27. The third-order valence-corrected chi connectivity index (χ3v) is 7.53. The van der Waals surface area contributed by atoms with E-state index in [1.54, 1.807) is 0 Å². The number of H-pyrrole nitrogens is 1. The Morgan fingerprint density at radius 2 is 1.79 bits per heavy atom. The number of aromatic amines is 1. The van der Waals surface area contributed by atoms with Crippen LogP contribution in [0.25, 0.3) is 11.0 Å². The topological polar surface area (TPSA) is 134 Å². The third kappa shape index (κ3) is 4.17. The van der Waals surface area contributed by atoms with E-state index in [0.717, 1.165) is 56.4 Å². The van der Waals surface area contributed by atoms with Gasteiger partial charge in [-0.15, -0.1) is 0 Å². The van der Waals surface area contributed by atoms with E-state index in [2.05, 4.69) is 47.8 Å². The third-order valence-electron chi connectivity index (χ3n) is 6.50. The number of sulfone groups is 1. The number of benzene rings is 1. The highest BCUT2D eigenvalue weighted by atomic mass is 32.2. The molecule has 34 heavy (non-hydrogen) atoms. The van der Waals surface area contributed by atoms with Gasteiger partial charge in [-0.2, -0.15) is 15.1 Å². The Balaban J connectivity index is 1.21. The van der Waals surface area contributed by atoms with Crippen LogP contribution in [0.1, 0.15) is 25.7 Å². The van der Waals surface area contributed by atoms with Crippen molar-refractivity contribution in [2.45, 2.75) is 42.5 Å². The highest BCUT2D eigenvalue weighted by Gasteiger charge is 2.39. The summed E-state index contributed by atoms with van der Waals surface area (Å²) in [5, 5.41) is 13.7. The summed E-state index contributed by atoms with van der Waals surface area (Å²) in [6, 6.07) is 8.38. The molecule has 0 amide bonds. The first-order valence-electron chi connectivity index (χ1n) is 11.5. The second-order valence-electron chi connectivity index (χ2n) is 9.10. The van der Waals surface area contributed by atoms with Crippen molar-refractivity contribution in [3.05, 3.63) is 24.3 Å². The predicted octanol–water partition coefficient (Wildman–Crippen LogP) is 2.42. The van der Waals surface area contributed by atoms with Gasteiger partial charge in [0.05, 0.1) is 13.2 Å². The number of piperidine rings is 1. The molecule has 0 bridgehead atoms. The molecule has 4 heterocycles. The summed E-state index contributed by atoms with van der Waals surface area (Å²) in [6.45, 7) is 3.12. The number of nitrogens with one attached hydrogen (secondary N) is 3. The molecule has 1 aromatic carbocycles. The summed E-state index contributed by atoms with van der Waals surface area (Å²) in [4.78, 5) is 11.3. The molecule has 1 saturated carbocycles. The quantitative estimate of drug-likeness (QED) is 0.478. The minimum atomic E-state index is -3.50. The molecule has 0 unspecified atom stereocenters. The van der Waals surface area contributed by atoms with Crippen molar-refractivity contribution < 1.29 is 17.9 Å². The lowest BCUT2D eigenvalue weighted by atomic mass is 10.0. The molecular formula is C22H27N7O4S. The number of hydrogen-bond donors (Lipinski definition) is 3. The minimum absolute atomic E-state index is 0.0262. The van der Waals surface area contributed by atoms with Crippen LogP contribution in [0.15, 0.2) is 29.3 Å². The summed E-state index contributed by atoms with van der Waals surface area (Å²) >= 11 is 0. The van der Waals surface area contributed by atoms with E-state index in [1.165, 1.54) is 0 Å². The number of fused-ring (bicyclic) bond motifs is 1. The number of aromatic nitrogens is 4. The highest BCUT2D eigenvalue weighted by molar-refractivity contribution is 7.90. The standard InChI is InChI=1S/C22H27N7O4S/c1-34(30,31)20-17-18(23-14-2-3-14)25-21(26-19(17)27-28-20)24-15-4-6-16(7-5-15)29-10-8-22(9-11-29)32-12-13-33-22/h4-7,14H,2-3,8-13H2,1H3,(H3,23,24,25,26,27,28). The molecule has 180 valence electrons. The van der Waals surface area contributed by atoms with Crippen molar-refractivity contribution in [3.63, 3.8) is 0 Å². The Kier molecular flexibility index (Phi) is 5.12. The van der Waals surface area contributed by atoms with E-state index in [-0.39, 0.29) is 16.9 Å². The van der Waals surface area contributed by atoms with Gasteiger partial charge in [-0.3, -0.25) is 5.10 Å². The van der Waals surface area contributed by atoms with Gasteiger partial charge in [0.2, 0.25) is 5.95 Å². The fraction of sp³-hybridized carbons (Fsp3) is 0.500. The van der Waals surface area contributed by atoms with E-state index in [9.17, 15) is 8.42 Å². The van der Waals surface area contributed by atoms with Crippen LogP contribution >= 0.6 is 0 Å². The van der Waals surface area contributed by atoms with Crippen LogP contribution in [0.4, 0.5) is 23.1 Å². The van der Waals surface area contributed by atoms with Crippen molar-refractivity contribution in [3.8, 4) is 0 Å². The smallest absolute Gasteiger partial charge is 0.231 e. The van der Waals surface area contributed by atoms with Gasteiger partial charge >= 0.3 is 0 Å². The van der Waals surface area contributed by atoms with Crippen LogP contribution in [0.5, 0.6) is 0 Å². The van der Waals surface area contributed by atoms with Gasteiger partial charge < -0.3 is 25.0 Å². The zero-order valence-electron chi connectivity index (χ0n) is 18.9. The first-order valence-corrected chi connectivity index (χ1v) is 13.4. The lowest BCUT2D eigenvalue weighted by molar-refractivity contribution is -0.169. The Morgan fingerprint density at radius 1 is 1.09 bits per heavy atom. The largest absolute Gasteiger partial charge is 0.371 e. The van der Waals surface area contributed by atoms with Crippen molar-refractivity contribution >= 4 is 44.0 Å². The molecule has 2 aromatic heterocycles. The van der Waals surface area contributed by atoms with Crippen molar-refractivity contribution in [1.82, 2.24) is 20.2 Å². The molecule has 0 atom stereocenters. The maximum Gasteiger partial charge on any atom is 0.231 e. The Morgan fingerprint density at radius 3 is 2.44 bits per heavy atom. The number of ether oxygens (including phenoxy) is 2. The Hall–Kier alpha value is -2.96. The molecule has 3 fully saturated rings. The molecule has 3 aromatic rings. The fourth-order valence-electron chi connectivity index (χ4n) is 4.52. The first kappa shape index (κ1) is 21.6. The lowest BCUT2D eigenvalue weighted by Gasteiger charge is -2.38. The molecule has 11 nitrogen and oxygen atoms in total. The van der Waals surface area contributed by atoms with Crippen LogP contribution in [-0.2, 0) is 19.3 Å². The zero-order chi connectivity index (χ0) is 23.3. The summed E-state index contributed by atoms with van der Waals surface area (Å²) in [5.74, 6) is 0.438. The number of rotatable bonds is 6. The molecule has 3 N–H and O–H groups in total. The Bertz CT molecular complexity index is 1310. The SMILES string of the molecule is CS(=O)(=O)c1[nH]nc2nc(Nc3ccc(N4CCC5(CC4)OCCO5)cc3)nc(NC3CC3)c12. The maximum atomic E-state index is 12.2. The van der Waals surface area contributed by atoms with Crippen molar-refractivity contribution in [2.24, 2.45) is 0 Å². The second kappa shape index (κ2) is 8.07. The lowest BCUT2D eigenvalue weighted by Crippen LogP contribution is -2.45. The van der Waals surface area contributed by atoms with Crippen LogP contribution in [0, 0.1) is 0 Å². The average molecular weight is 486 g/mol. The second-order valence-corrected chi connectivity index (χ2v) is 11.1. The van der Waals surface area contributed by atoms with E-state index in [4.69, 9.17) is 9.47 Å². The summed E-state index contributed by atoms with van der Waals surface area (Å²) in [6.07, 6.45) is 4.91. The minimum Gasteiger partial charge on any atom is -0.371 e. The van der Waals surface area contributed by atoms with Gasteiger partial charge in [-0.1, -0.05) is 0 Å². The molecule has 12 heteroatoms. The molecule has 1 aliphatic carbocycles. The van der Waals surface area contributed by atoms with Crippen LogP contribution < -0.4 is 15.5 Å². The van der Waals surface area contributed by atoms with Crippen molar-refractivity contribution in [2.75, 3.05) is 48.1 Å². The van der Waals surface area contributed by atoms with E-state index >= 15 is 0 Å². The number of hydrogen-bond acceptors (Lipinski definition) is 10. The van der Waals surface area contributed by atoms with E-state index < -0.39 is 9.84 Å². The molecule has 2 saturated heterocycles. The van der Waals surface area contributed by atoms with Gasteiger partial charge in [0.15, 0.2) is 26.3 Å². The molecule has 6 rings (SSSR count). The van der Waals surface area contributed by atoms with Gasteiger partial charge in [0.25, 0.3) is 0 Å². The van der Waals surface area contributed by atoms with Crippen molar-refractivity contribution in [1.29, 1.82) is 0 Å². The summed E-state index contributed by atoms with van der Waals surface area (Å²) < 4.78 is 36.0. The average Bonchev–Trinajstić information content (AvgIpc) is 3.32. The number of nitrogens with zero attached hydrogens (tertiary/aromatic N) is 4. The highest BCUT2D eigenvalue weighted by Crippen LogP contribution is 2.34. The zero-order valence-corrected chi connectivity index (χ0v) is 19.7. The molecule has 3 aliphatic rings. The molecule has 2 aliphatic heterocycles. The fourth-order valence-corrected chi connectivity index (χ4v) is 5.29. The van der Waals surface area contributed by atoms with Gasteiger partial charge in [-0.05, 0) is 37.1 Å². The van der Waals surface area contributed by atoms with Crippen LogP contribution in [0.3, 0.4) is 0 Å².